The van der Waals surface area contributed by atoms with Gasteiger partial charge < -0.3 is 19.7 Å². The molecular weight excluding hydrogens is 268 g/mol. The first-order valence-electron chi connectivity index (χ1n) is 8.18. The molecule has 0 atom stereocenters. The van der Waals surface area contributed by atoms with Gasteiger partial charge in [-0.05, 0) is 52.5 Å². The highest BCUT2D eigenvalue weighted by Gasteiger charge is 2.21. The molecule has 5 heteroatoms. The molecule has 1 heterocycles. The number of nitrogens with one attached hydrogen (secondary N) is 1. The minimum Gasteiger partial charge on any atom is -0.444 e. The fourth-order valence-electron chi connectivity index (χ4n) is 2.36. The summed E-state index contributed by atoms with van der Waals surface area (Å²) < 4.78 is 10.8. The van der Waals surface area contributed by atoms with Crippen LogP contribution in [0.5, 0.6) is 0 Å². The van der Waals surface area contributed by atoms with E-state index in [2.05, 4.69) is 12.2 Å². The van der Waals surface area contributed by atoms with Crippen LogP contribution in [0, 0.1) is 5.92 Å². The van der Waals surface area contributed by atoms with Crippen LogP contribution in [0.25, 0.3) is 0 Å². The molecule has 0 unspecified atom stereocenters. The maximum absolute atomic E-state index is 12.1. The van der Waals surface area contributed by atoms with Gasteiger partial charge >= 0.3 is 6.09 Å². The predicted molar refractivity (Wildman–Crippen MR) is 84.5 cm³/mol. The van der Waals surface area contributed by atoms with Crippen LogP contribution >= 0.6 is 0 Å². The van der Waals surface area contributed by atoms with Gasteiger partial charge in [0.1, 0.15) is 5.60 Å². The van der Waals surface area contributed by atoms with E-state index in [1.807, 2.05) is 20.8 Å². The summed E-state index contributed by atoms with van der Waals surface area (Å²) in [6, 6.07) is 0. The third-order valence-electron chi connectivity index (χ3n) is 3.48. The lowest BCUT2D eigenvalue weighted by Crippen LogP contribution is -2.41. The van der Waals surface area contributed by atoms with Crippen molar-refractivity contribution in [1.82, 2.24) is 10.2 Å². The van der Waals surface area contributed by atoms with E-state index in [1.54, 1.807) is 4.90 Å². The van der Waals surface area contributed by atoms with Gasteiger partial charge in [-0.1, -0.05) is 6.92 Å². The Balaban J connectivity index is 2.25. The quantitative estimate of drug-likeness (QED) is 0.734. The third-order valence-corrected chi connectivity index (χ3v) is 3.48. The second-order valence-electron chi connectivity index (χ2n) is 6.73. The van der Waals surface area contributed by atoms with Crippen molar-refractivity contribution in [3.05, 3.63) is 0 Å². The molecule has 124 valence electrons. The molecule has 1 aliphatic rings. The van der Waals surface area contributed by atoms with E-state index < -0.39 is 5.60 Å². The first-order chi connectivity index (χ1) is 9.92. The van der Waals surface area contributed by atoms with Gasteiger partial charge in [0.25, 0.3) is 0 Å². The molecule has 0 spiro atoms. The fraction of sp³-hybridized carbons (Fsp3) is 0.938. The molecule has 0 aromatic rings. The minimum absolute atomic E-state index is 0.211. The average Bonchev–Trinajstić information content (AvgIpc) is 2.41. The Morgan fingerprint density at radius 3 is 2.52 bits per heavy atom. The molecule has 0 aromatic heterocycles. The molecule has 21 heavy (non-hydrogen) atoms. The van der Waals surface area contributed by atoms with Gasteiger partial charge in [-0.3, -0.25) is 0 Å². The van der Waals surface area contributed by atoms with E-state index in [4.69, 9.17) is 9.47 Å². The SMILES string of the molecule is CCCN(CCNCC1CCOCC1)C(=O)OC(C)(C)C. The molecule has 1 amide bonds. The van der Waals surface area contributed by atoms with E-state index in [-0.39, 0.29) is 6.09 Å². The van der Waals surface area contributed by atoms with E-state index in [0.717, 1.165) is 52.1 Å². The lowest BCUT2D eigenvalue weighted by Gasteiger charge is -2.28. The smallest absolute Gasteiger partial charge is 0.410 e. The Labute approximate surface area is 129 Å². The zero-order chi connectivity index (χ0) is 15.7. The Hall–Kier alpha value is -0.810. The second-order valence-corrected chi connectivity index (χ2v) is 6.73. The number of nitrogens with zero attached hydrogens (tertiary/aromatic N) is 1. The molecular formula is C16H32N2O3. The number of rotatable bonds is 7. The van der Waals surface area contributed by atoms with Crippen molar-refractivity contribution >= 4 is 6.09 Å². The predicted octanol–water partition coefficient (Wildman–Crippen LogP) is 2.65. The van der Waals surface area contributed by atoms with E-state index >= 15 is 0 Å². The summed E-state index contributed by atoms with van der Waals surface area (Å²) >= 11 is 0. The molecule has 1 saturated heterocycles. The molecule has 0 aromatic carbocycles. The van der Waals surface area contributed by atoms with Crippen LogP contribution in [-0.2, 0) is 9.47 Å². The lowest BCUT2D eigenvalue weighted by atomic mass is 10.0. The van der Waals surface area contributed by atoms with Crippen molar-refractivity contribution in [2.24, 2.45) is 5.92 Å². The standard InChI is InChI=1S/C16H32N2O3/c1-5-9-18(15(19)21-16(2,3)4)10-8-17-13-14-6-11-20-12-7-14/h14,17H,5-13H2,1-4H3. The molecule has 1 rings (SSSR count). The Morgan fingerprint density at radius 2 is 1.95 bits per heavy atom. The van der Waals surface area contributed by atoms with E-state index in [1.165, 1.54) is 0 Å². The van der Waals surface area contributed by atoms with Crippen molar-refractivity contribution in [2.45, 2.75) is 52.6 Å². The summed E-state index contributed by atoms with van der Waals surface area (Å²) in [7, 11) is 0. The normalized spacial score (nSPS) is 16.8. The first kappa shape index (κ1) is 18.2. The lowest BCUT2D eigenvalue weighted by molar-refractivity contribution is 0.0250. The molecule has 0 radical (unpaired) electrons. The Morgan fingerprint density at radius 1 is 1.29 bits per heavy atom. The van der Waals surface area contributed by atoms with Crippen LogP contribution < -0.4 is 5.32 Å². The molecule has 5 nitrogen and oxygen atoms in total. The Bertz CT molecular complexity index is 296. The van der Waals surface area contributed by atoms with Crippen molar-refractivity contribution in [3.63, 3.8) is 0 Å². The average molecular weight is 300 g/mol. The summed E-state index contributed by atoms with van der Waals surface area (Å²) in [5.41, 5.74) is -0.432. The highest BCUT2D eigenvalue weighted by Crippen LogP contribution is 2.13. The highest BCUT2D eigenvalue weighted by atomic mass is 16.6. The van der Waals surface area contributed by atoms with Crippen molar-refractivity contribution in [2.75, 3.05) is 39.4 Å². The van der Waals surface area contributed by atoms with Gasteiger partial charge in [-0.25, -0.2) is 4.79 Å². The van der Waals surface area contributed by atoms with Gasteiger partial charge in [0, 0.05) is 32.8 Å². The fourth-order valence-corrected chi connectivity index (χ4v) is 2.36. The number of amides is 1. The number of carbonyl (C=O) groups excluding carboxylic acids is 1. The van der Waals surface area contributed by atoms with Gasteiger partial charge in [0.2, 0.25) is 0 Å². The number of hydrogen-bond acceptors (Lipinski definition) is 4. The number of hydrogen-bond donors (Lipinski definition) is 1. The van der Waals surface area contributed by atoms with Crippen molar-refractivity contribution < 1.29 is 14.3 Å². The van der Waals surface area contributed by atoms with E-state index in [0.29, 0.717) is 12.5 Å². The van der Waals surface area contributed by atoms with Crippen LogP contribution in [-0.4, -0.2) is 56.0 Å². The summed E-state index contributed by atoms with van der Waals surface area (Å²) in [4.78, 5) is 13.9. The monoisotopic (exact) mass is 300 g/mol. The maximum Gasteiger partial charge on any atom is 0.410 e. The first-order valence-corrected chi connectivity index (χ1v) is 8.18. The molecule has 1 aliphatic heterocycles. The molecule has 0 aliphatic carbocycles. The largest absolute Gasteiger partial charge is 0.444 e. The van der Waals surface area contributed by atoms with Crippen LogP contribution in [0.1, 0.15) is 47.0 Å². The van der Waals surface area contributed by atoms with Gasteiger partial charge in [0.05, 0.1) is 0 Å². The Kier molecular flexibility index (Phi) is 8.04. The van der Waals surface area contributed by atoms with E-state index in [9.17, 15) is 4.79 Å². The van der Waals surface area contributed by atoms with Gasteiger partial charge in [-0.2, -0.15) is 0 Å². The minimum atomic E-state index is -0.432. The molecule has 1 N–H and O–H groups in total. The molecule has 1 fully saturated rings. The van der Waals surface area contributed by atoms with Crippen LogP contribution in [0.2, 0.25) is 0 Å². The third kappa shape index (κ3) is 8.27. The highest BCUT2D eigenvalue weighted by molar-refractivity contribution is 5.68. The van der Waals surface area contributed by atoms with Crippen LogP contribution in [0.3, 0.4) is 0 Å². The molecule has 0 saturated carbocycles. The number of carbonyl (C=O) groups is 1. The van der Waals surface area contributed by atoms with Crippen molar-refractivity contribution in [1.29, 1.82) is 0 Å². The molecule has 0 bridgehead atoms. The summed E-state index contributed by atoms with van der Waals surface area (Å²) in [6.45, 7) is 12.8. The number of ether oxygens (including phenoxy) is 2. The topological polar surface area (TPSA) is 50.8 Å². The van der Waals surface area contributed by atoms with Gasteiger partial charge in [-0.15, -0.1) is 0 Å². The summed E-state index contributed by atoms with van der Waals surface area (Å²) in [5, 5.41) is 3.46. The van der Waals surface area contributed by atoms with Crippen LogP contribution in [0.15, 0.2) is 0 Å². The zero-order valence-corrected chi connectivity index (χ0v) is 14.1. The zero-order valence-electron chi connectivity index (χ0n) is 14.1. The van der Waals surface area contributed by atoms with Crippen LogP contribution in [0.4, 0.5) is 4.79 Å². The van der Waals surface area contributed by atoms with Gasteiger partial charge in [0.15, 0.2) is 0 Å². The van der Waals surface area contributed by atoms with Crippen molar-refractivity contribution in [3.8, 4) is 0 Å². The second kappa shape index (κ2) is 9.26. The maximum atomic E-state index is 12.1. The summed E-state index contributed by atoms with van der Waals surface area (Å²) in [6.07, 6.45) is 3.01. The summed E-state index contributed by atoms with van der Waals surface area (Å²) in [5.74, 6) is 0.708.